The van der Waals surface area contributed by atoms with Gasteiger partial charge in [0.2, 0.25) is 5.91 Å². The highest BCUT2D eigenvalue weighted by Gasteiger charge is 2.12. The zero-order valence-corrected chi connectivity index (χ0v) is 6.83. The molecule has 3 N–H and O–H groups in total. The molecule has 0 aliphatic rings. The summed E-state index contributed by atoms with van der Waals surface area (Å²) < 4.78 is 0. The summed E-state index contributed by atoms with van der Waals surface area (Å²) in [5.41, 5.74) is 5.02. The van der Waals surface area contributed by atoms with Crippen LogP contribution in [-0.2, 0) is 9.59 Å². The second kappa shape index (κ2) is 4.33. The van der Waals surface area contributed by atoms with Crippen molar-refractivity contribution in [1.82, 2.24) is 0 Å². The molecule has 0 aliphatic carbocycles. The van der Waals surface area contributed by atoms with E-state index in [0.717, 1.165) is 0 Å². The predicted octanol–water partition coefficient (Wildman–Crippen LogP) is 0.449. The Kier molecular flexibility index (Phi) is 3.76. The minimum Gasteiger partial charge on any atom is -0.478 e. The van der Waals surface area contributed by atoms with Gasteiger partial charge in [-0.25, -0.2) is 4.79 Å². The number of rotatable bonds is 4. The molecule has 12 heavy (non-hydrogen) atoms. The normalized spacial score (nSPS) is 11.8. The number of carbonyl (C=O) groups is 2. The average molecular weight is 169 g/mol. The lowest BCUT2D eigenvalue weighted by Gasteiger charge is -2.01. The molecule has 66 valence electrons. The molecule has 0 bridgehead atoms. The molecule has 0 saturated carbocycles. The Bertz CT molecular complexity index is 253. The minimum atomic E-state index is -1.13. The third-order valence-electron chi connectivity index (χ3n) is 1.42. The largest absolute Gasteiger partial charge is 0.478 e. The first kappa shape index (κ1) is 10.4. The molecule has 0 aromatic carbocycles. The summed E-state index contributed by atoms with van der Waals surface area (Å²) in [7, 11) is 0. The number of hydrogen-bond donors (Lipinski definition) is 2. The zero-order chi connectivity index (χ0) is 9.72. The standard InChI is InChI=1S/C8H11NO3/c1-3-4-6(7(9)10)5(2)8(11)12/h3H,1,4H2,2H3,(H2,9,10)(H,11,12)/b6-5+. The van der Waals surface area contributed by atoms with Gasteiger partial charge in [0.25, 0.3) is 0 Å². The van der Waals surface area contributed by atoms with Gasteiger partial charge in [-0.2, -0.15) is 0 Å². The highest BCUT2D eigenvalue weighted by molar-refractivity contribution is 6.01. The predicted molar refractivity (Wildman–Crippen MR) is 44.3 cm³/mol. The first-order valence-electron chi connectivity index (χ1n) is 3.34. The van der Waals surface area contributed by atoms with E-state index in [1.807, 2.05) is 0 Å². The van der Waals surface area contributed by atoms with Crippen LogP contribution in [0.5, 0.6) is 0 Å². The van der Waals surface area contributed by atoms with Gasteiger partial charge >= 0.3 is 5.97 Å². The molecular weight excluding hydrogens is 158 g/mol. The third-order valence-corrected chi connectivity index (χ3v) is 1.42. The van der Waals surface area contributed by atoms with E-state index in [9.17, 15) is 9.59 Å². The fourth-order valence-electron chi connectivity index (χ4n) is 0.712. The number of carboxylic acid groups (broad SMARTS) is 1. The SMILES string of the molecule is C=CC/C(C(N)=O)=C(/C)C(=O)O. The van der Waals surface area contributed by atoms with Crippen molar-refractivity contribution in [3.8, 4) is 0 Å². The van der Waals surface area contributed by atoms with E-state index >= 15 is 0 Å². The highest BCUT2D eigenvalue weighted by Crippen LogP contribution is 2.08. The molecule has 4 nitrogen and oxygen atoms in total. The van der Waals surface area contributed by atoms with Gasteiger partial charge in [0.15, 0.2) is 0 Å². The summed E-state index contributed by atoms with van der Waals surface area (Å²) in [6.07, 6.45) is 1.62. The molecule has 0 rings (SSSR count). The molecule has 0 aromatic rings. The molecule has 0 radical (unpaired) electrons. The number of aliphatic carboxylic acids is 1. The summed E-state index contributed by atoms with van der Waals surface area (Å²) in [5.74, 6) is -1.85. The maximum Gasteiger partial charge on any atom is 0.331 e. The summed E-state index contributed by atoms with van der Waals surface area (Å²) >= 11 is 0. The number of amides is 1. The Hall–Kier alpha value is -1.58. The third kappa shape index (κ3) is 2.57. The van der Waals surface area contributed by atoms with Crippen molar-refractivity contribution in [2.24, 2.45) is 5.73 Å². The highest BCUT2D eigenvalue weighted by atomic mass is 16.4. The summed E-state index contributed by atoms with van der Waals surface area (Å²) in [4.78, 5) is 21.1. The lowest BCUT2D eigenvalue weighted by molar-refractivity contribution is -0.133. The van der Waals surface area contributed by atoms with Gasteiger partial charge in [-0.15, -0.1) is 6.58 Å². The first-order valence-corrected chi connectivity index (χ1v) is 3.34. The van der Waals surface area contributed by atoms with Crippen molar-refractivity contribution in [1.29, 1.82) is 0 Å². The van der Waals surface area contributed by atoms with E-state index in [1.54, 1.807) is 0 Å². The molecule has 0 aromatic heterocycles. The molecule has 0 saturated heterocycles. The molecule has 4 heteroatoms. The second-order valence-electron chi connectivity index (χ2n) is 2.27. The molecular formula is C8H11NO3. The Morgan fingerprint density at radius 3 is 2.33 bits per heavy atom. The fraction of sp³-hybridized carbons (Fsp3) is 0.250. The molecule has 0 spiro atoms. The Morgan fingerprint density at radius 1 is 1.58 bits per heavy atom. The molecule has 0 atom stereocenters. The van der Waals surface area contributed by atoms with Gasteiger partial charge in [0.05, 0.1) is 0 Å². The number of hydrogen-bond acceptors (Lipinski definition) is 2. The molecule has 1 amide bonds. The van der Waals surface area contributed by atoms with Crippen LogP contribution in [0.4, 0.5) is 0 Å². The lowest BCUT2D eigenvalue weighted by atomic mass is 10.1. The summed E-state index contributed by atoms with van der Waals surface area (Å²) in [5, 5.41) is 8.53. The topological polar surface area (TPSA) is 80.4 Å². The summed E-state index contributed by atoms with van der Waals surface area (Å²) in [6.45, 7) is 4.73. The van der Waals surface area contributed by atoms with E-state index in [4.69, 9.17) is 10.8 Å². The van der Waals surface area contributed by atoms with Crippen molar-refractivity contribution < 1.29 is 14.7 Å². The van der Waals surface area contributed by atoms with Crippen LogP contribution in [0.3, 0.4) is 0 Å². The molecule has 0 heterocycles. The van der Waals surface area contributed by atoms with Crippen molar-refractivity contribution in [3.05, 3.63) is 23.8 Å². The zero-order valence-electron chi connectivity index (χ0n) is 6.83. The number of nitrogens with two attached hydrogens (primary N) is 1. The Morgan fingerprint density at radius 2 is 2.08 bits per heavy atom. The van der Waals surface area contributed by atoms with Crippen LogP contribution in [0.2, 0.25) is 0 Å². The van der Waals surface area contributed by atoms with Crippen LogP contribution in [0.15, 0.2) is 23.8 Å². The monoisotopic (exact) mass is 169 g/mol. The number of carboxylic acids is 1. The summed E-state index contributed by atoms with van der Waals surface area (Å²) in [6, 6.07) is 0. The van der Waals surface area contributed by atoms with Gasteiger partial charge in [0, 0.05) is 11.1 Å². The maximum atomic E-state index is 10.7. The van der Waals surface area contributed by atoms with Crippen LogP contribution < -0.4 is 5.73 Å². The van der Waals surface area contributed by atoms with Crippen molar-refractivity contribution in [2.45, 2.75) is 13.3 Å². The van der Waals surface area contributed by atoms with E-state index < -0.39 is 11.9 Å². The van der Waals surface area contributed by atoms with Crippen molar-refractivity contribution in [3.63, 3.8) is 0 Å². The average Bonchev–Trinajstić information content (AvgIpc) is 1.98. The number of primary amides is 1. The quantitative estimate of drug-likeness (QED) is 0.473. The van der Waals surface area contributed by atoms with E-state index in [0.29, 0.717) is 0 Å². The smallest absolute Gasteiger partial charge is 0.331 e. The van der Waals surface area contributed by atoms with E-state index in [2.05, 4.69) is 6.58 Å². The first-order chi connectivity index (χ1) is 5.50. The van der Waals surface area contributed by atoms with Crippen LogP contribution in [0, 0.1) is 0 Å². The van der Waals surface area contributed by atoms with Gasteiger partial charge in [-0.05, 0) is 13.3 Å². The van der Waals surface area contributed by atoms with E-state index in [-0.39, 0.29) is 17.6 Å². The Labute approximate surface area is 70.4 Å². The van der Waals surface area contributed by atoms with Gasteiger partial charge in [-0.3, -0.25) is 4.79 Å². The van der Waals surface area contributed by atoms with Crippen LogP contribution in [-0.4, -0.2) is 17.0 Å². The Balaban J connectivity index is 4.92. The maximum absolute atomic E-state index is 10.7. The van der Waals surface area contributed by atoms with Gasteiger partial charge in [-0.1, -0.05) is 6.08 Å². The van der Waals surface area contributed by atoms with Crippen molar-refractivity contribution in [2.75, 3.05) is 0 Å². The molecule has 0 unspecified atom stereocenters. The van der Waals surface area contributed by atoms with Gasteiger partial charge < -0.3 is 10.8 Å². The molecule has 0 aliphatic heterocycles. The number of carbonyl (C=O) groups excluding carboxylic acids is 1. The van der Waals surface area contributed by atoms with Crippen LogP contribution in [0.1, 0.15) is 13.3 Å². The second-order valence-corrected chi connectivity index (χ2v) is 2.27. The molecule has 0 fully saturated rings. The van der Waals surface area contributed by atoms with Crippen LogP contribution in [0.25, 0.3) is 0 Å². The number of allylic oxidation sites excluding steroid dienone is 1. The minimum absolute atomic E-state index is 0.0256. The fourth-order valence-corrected chi connectivity index (χ4v) is 0.712. The van der Waals surface area contributed by atoms with Gasteiger partial charge in [0.1, 0.15) is 0 Å². The van der Waals surface area contributed by atoms with E-state index in [1.165, 1.54) is 13.0 Å². The lowest BCUT2D eigenvalue weighted by Crippen LogP contribution is -2.17. The van der Waals surface area contributed by atoms with Crippen molar-refractivity contribution >= 4 is 11.9 Å². The van der Waals surface area contributed by atoms with Crippen LogP contribution >= 0.6 is 0 Å².